The highest BCUT2D eigenvalue weighted by Crippen LogP contribution is 2.11. The SMILES string of the molecule is C/C=C/CCCCCCC(F)CC. The van der Waals surface area contributed by atoms with E-state index >= 15 is 0 Å². The lowest BCUT2D eigenvalue weighted by atomic mass is 10.1. The van der Waals surface area contributed by atoms with Crippen LogP contribution in [0.25, 0.3) is 0 Å². The molecular weight excluding hydrogens is 163 g/mol. The Morgan fingerprint density at radius 2 is 1.85 bits per heavy atom. The van der Waals surface area contributed by atoms with Gasteiger partial charge in [-0.25, -0.2) is 4.39 Å². The van der Waals surface area contributed by atoms with Crippen molar-refractivity contribution in [1.82, 2.24) is 0 Å². The number of alkyl halides is 1. The molecule has 1 unspecified atom stereocenters. The Bertz CT molecular complexity index is 118. The average Bonchev–Trinajstić information content (AvgIpc) is 2.16. The number of allylic oxidation sites excluding steroid dienone is 2. The molecule has 0 amide bonds. The Morgan fingerprint density at radius 1 is 1.15 bits per heavy atom. The van der Waals surface area contributed by atoms with Gasteiger partial charge in [-0.15, -0.1) is 0 Å². The molecule has 0 saturated heterocycles. The predicted molar refractivity (Wildman–Crippen MR) is 57.7 cm³/mol. The molecule has 0 nitrogen and oxygen atoms in total. The van der Waals surface area contributed by atoms with Gasteiger partial charge in [-0.3, -0.25) is 0 Å². The van der Waals surface area contributed by atoms with Crippen molar-refractivity contribution < 1.29 is 4.39 Å². The number of rotatable bonds is 8. The number of unbranched alkanes of at least 4 members (excludes halogenated alkanes) is 4. The zero-order valence-electron chi connectivity index (χ0n) is 9.06. The smallest absolute Gasteiger partial charge is 0.0999 e. The van der Waals surface area contributed by atoms with Crippen LogP contribution in [-0.2, 0) is 0 Å². The van der Waals surface area contributed by atoms with Crippen LogP contribution in [0.15, 0.2) is 12.2 Å². The van der Waals surface area contributed by atoms with Gasteiger partial charge in [0.15, 0.2) is 0 Å². The van der Waals surface area contributed by atoms with E-state index in [-0.39, 0.29) is 0 Å². The van der Waals surface area contributed by atoms with Crippen molar-refractivity contribution in [2.75, 3.05) is 0 Å². The molecule has 0 aliphatic heterocycles. The predicted octanol–water partition coefficient (Wildman–Crippen LogP) is 4.65. The third-order valence-corrected chi connectivity index (χ3v) is 2.32. The lowest BCUT2D eigenvalue weighted by Gasteiger charge is -2.03. The highest BCUT2D eigenvalue weighted by atomic mass is 19.1. The quantitative estimate of drug-likeness (QED) is 0.382. The fourth-order valence-corrected chi connectivity index (χ4v) is 1.35. The number of hydrogen-bond donors (Lipinski definition) is 0. The van der Waals surface area contributed by atoms with E-state index in [0.717, 1.165) is 12.8 Å². The summed E-state index contributed by atoms with van der Waals surface area (Å²) >= 11 is 0. The Labute approximate surface area is 82.2 Å². The summed E-state index contributed by atoms with van der Waals surface area (Å²) in [5, 5.41) is 0. The van der Waals surface area contributed by atoms with Crippen molar-refractivity contribution in [3.8, 4) is 0 Å². The molecule has 0 aliphatic rings. The summed E-state index contributed by atoms with van der Waals surface area (Å²) in [5.74, 6) is 0. The molecule has 0 fully saturated rings. The molecule has 78 valence electrons. The summed E-state index contributed by atoms with van der Waals surface area (Å²) in [4.78, 5) is 0. The topological polar surface area (TPSA) is 0 Å². The Hall–Kier alpha value is -0.330. The largest absolute Gasteiger partial charge is 0.248 e. The molecule has 1 heteroatoms. The Kier molecular flexibility index (Phi) is 9.51. The van der Waals surface area contributed by atoms with Crippen LogP contribution in [0.4, 0.5) is 4.39 Å². The monoisotopic (exact) mass is 186 g/mol. The summed E-state index contributed by atoms with van der Waals surface area (Å²) < 4.78 is 12.8. The molecule has 0 spiro atoms. The second-order valence-electron chi connectivity index (χ2n) is 3.57. The first-order chi connectivity index (χ1) is 6.31. The van der Waals surface area contributed by atoms with E-state index in [1.165, 1.54) is 25.7 Å². The van der Waals surface area contributed by atoms with E-state index in [9.17, 15) is 4.39 Å². The minimum Gasteiger partial charge on any atom is -0.248 e. The first-order valence-electron chi connectivity index (χ1n) is 5.56. The second kappa shape index (κ2) is 9.76. The van der Waals surface area contributed by atoms with Gasteiger partial charge in [0.2, 0.25) is 0 Å². The van der Waals surface area contributed by atoms with E-state index in [1.807, 2.05) is 6.92 Å². The molecule has 0 rings (SSSR count). The molecule has 0 radical (unpaired) electrons. The van der Waals surface area contributed by atoms with Crippen LogP contribution in [0.5, 0.6) is 0 Å². The lowest BCUT2D eigenvalue weighted by molar-refractivity contribution is 0.296. The van der Waals surface area contributed by atoms with Gasteiger partial charge >= 0.3 is 0 Å². The van der Waals surface area contributed by atoms with Gasteiger partial charge < -0.3 is 0 Å². The Morgan fingerprint density at radius 3 is 2.46 bits per heavy atom. The van der Waals surface area contributed by atoms with Crippen LogP contribution >= 0.6 is 0 Å². The highest BCUT2D eigenvalue weighted by molar-refractivity contribution is 4.76. The van der Waals surface area contributed by atoms with E-state index in [4.69, 9.17) is 0 Å². The molecule has 13 heavy (non-hydrogen) atoms. The zero-order valence-corrected chi connectivity index (χ0v) is 9.06. The van der Waals surface area contributed by atoms with Gasteiger partial charge in [0.1, 0.15) is 0 Å². The van der Waals surface area contributed by atoms with Crippen LogP contribution in [-0.4, -0.2) is 6.17 Å². The highest BCUT2D eigenvalue weighted by Gasteiger charge is 2.01. The van der Waals surface area contributed by atoms with Crippen LogP contribution < -0.4 is 0 Å². The molecule has 0 bridgehead atoms. The summed E-state index contributed by atoms with van der Waals surface area (Å²) in [7, 11) is 0. The minimum atomic E-state index is -0.560. The van der Waals surface area contributed by atoms with E-state index in [0.29, 0.717) is 6.42 Å². The van der Waals surface area contributed by atoms with Crippen LogP contribution in [0.1, 0.15) is 58.8 Å². The molecule has 1 atom stereocenters. The maximum Gasteiger partial charge on any atom is 0.0999 e. The molecule has 0 heterocycles. The van der Waals surface area contributed by atoms with Crippen molar-refractivity contribution >= 4 is 0 Å². The fraction of sp³-hybridized carbons (Fsp3) is 0.833. The van der Waals surface area contributed by atoms with Gasteiger partial charge in [-0.2, -0.15) is 0 Å². The maximum atomic E-state index is 12.8. The molecule has 0 aromatic rings. The minimum absolute atomic E-state index is 0.560. The van der Waals surface area contributed by atoms with Crippen molar-refractivity contribution in [2.24, 2.45) is 0 Å². The molecule has 0 aromatic carbocycles. The molecule has 0 aliphatic carbocycles. The van der Waals surface area contributed by atoms with E-state index < -0.39 is 6.17 Å². The molecule has 0 aromatic heterocycles. The molecular formula is C12H23F. The fourth-order valence-electron chi connectivity index (χ4n) is 1.35. The third-order valence-electron chi connectivity index (χ3n) is 2.32. The summed E-state index contributed by atoms with van der Waals surface area (Å²) in [6.07, 6.45) is 11.1. The normalized spacial score (nSPS) is 13.8. The Balaban J connectivity index is 2.99. The van der Waals surface area contributed by atoms with Crippen molar-refractivity contribution in [1.29, 1.82) is 0 Å². The third kappa shape index (κ3) is 9.59. The van der Waals surface area contributed by atoms with E-state index in [1.54, 1.807) is 0 Å². The van der Waals surface area contributed by atoms with Crippen molar-refractivity contribution in [2.45, 2.75) is 65.0 Å². The summed E-state index contributed by atoms with van der Waals surface area (Å²) in [5.41, 5.74) is 0. The van der Waals surface area contributed by atoms with Gasteiger partial charge in [-0.05, 0) is 32.6 Å². The van der Waals surface area contributed by atoms with Crippen LogP contribution in [0.2, 0.25) is 0 Å². The molecule has 0 saturated carbocycles. The van der Waals surface area contributed by atoms with Gasteiger partial charge in [0.25, 0.3) is 0 Å². The van der Waals surface area contributed by atoms with E-state index in [2.05, 4.69) is 19.1 Å². The number of hydrogen-bond acceptors (Lipinski definition) is 0. The first kappa shape index (κ1) is 12.7. The van der Waals surface area contributed by atoms with Gasteiger partial charge in [-0.1, -0.05) is 38.3 Å². The first-order valence-corrected chi connectivity index (χ1v) is 5.56. The average molecular weight is 186 g/mol. The van der Waals surface area contributed by atoms with Crippen LogP contribution in [0, 0.1) is 0 Å². The maximum absolute atomic E-state index is 12.8. The standard InChI is InChI=1S/C12H23F/c1-3-5-6-7-8-9-10-11-12(13)4-2/h3,5,12H,4,6-11H2,1-2H3/b5-3+. The summed E-state index contributed by atoms with van der Waals surface area (Å²) in [6, 6.07) is 0. The summed E-state index contributed by atoms with van der Waals surface area (Å²) in [6.45, 7) is 3.96. The van der Waals surface area contributed by atoms with Gasteiger partial charge in [0.05, 0.1) is 6.17 Å². The lowest BCUT2D eigenvalue weighted by Crippen LogP contribution is -1.96. The number of halogens is 1. The molecule has 0 N–H and O–H groups in total. The second-order valence-corrected chi connectivity index (χ2v) is 3.57. The van der Waals surface area contributed by atoms with Crippen molar-refractivity contribution in [3.05, 3.63) is 12.2 Å². The van der Waals surface area contributed by atoms with Crippen molar-refractivity contribution in [3.63, 3.8) is 0 Å². The van der Waals surface area contributed by atoms with Crippen LogP contribution in [0.3, 0.4) is 0 Å². The van der Waals surface area contributed by atoms with Gasteiger partial charge in [0, 0.05) is 0 Å². The zero-order chi connectivity index (χ0) is 9.94.